The topological polar surface area (TPSA) is 111 Å². The Kier molecular flexibility index (Phi) is 6.18. The zero-order valence-electron chi connectivity index (χ0n) is 18.7. The second kappa shape index (κ2) is 8.89. The number of allylic oxidation sites excluding steroid dienone is 2. The lowest BCUT2D eigenvalue weighted by Crippen LogP contribution is -2.37. The Hall–Kier alpha value is -2.95. The van der Waals surface area contributed by atoms with E-state index < -0.39 is 0 Å². The minimum absolute atomic E-state index is 0.0664. The van der Waals surface area contributed by atoms with E-state index in [9.17, 15) is 9.90 Å². The first kappa shape index (κ1) is 22.3. The minimum atomic E-state index is -0.389. The van der Waals surface area contributed by atoms with Gasteiger partial charge in [0.2, 0.25) is 0 Å². The number of hydrogen-bond acceptors (Lipinski definition) is 5. The molecular weight excluding hydrogens is 404 g/mol. The van der Waals surface area contributed by atoms with Gasteiger partial charge in [-0.2, -0.15) is 5.26 Å². The summed E-state index contributed by atoms with van der Waals surface area (Å²) in [6.45, 7) is 5.87. The molecule has 2 aromatic rings. The van der Waals surface area contributed by atoms with Crippen LogP contribution in [0.2, 0.25) is 0 Å². The number of amides is 1. The van der Waals surface area contributed by atoms with E-state index >= 15 is 0 Å². The average Bonchev–Trinajstić information content (AvgIpc) is 3.29. The molecular formula is C25H30N4O3. The molecule has 168 valence electrons. The van der Waals surface area contributed by atoms with Crippen LogP contribution in [0, 0.1) is 16.7 Å². The van der Waals surface area contributed by atoms with Gasteiger partial charge < -0.3 is 20.1 Å². The van der Waals surface area contributed by atoms with Gasteiger partial charge in [-0.25, -0.2) is 4.98 Å². The Balaban J connectivity index is 1.71. The fourth-order valence-corrected chi connectivity index (χ4v) is 4.55. The number of nitrogens with one attached hydrogen (secondary N) is 2. The van der Waals surface area contributed by atoms with E-state index in [0.717, 1.165) is 43.2 Å². The van der Waals surface area contributed by atoms with E-state index in [0.29, 0.717) is 18.9 Å². The number of nitrogens with zero attached hydrogens (tertiary/aromatic N) is 2. The summed E-state index contributed by atoms with van der Waals surface area (Å²) in [5.74, 6) is -0.285. The van der Waals surface area contributed by atoms with Gasteiger partial charge in [0.1, 0.15) is 6.07 Å². The number of imidazole rings is 1. The molecule has 7 nitrogen and oxygen atoms in total. The molecule has 3 N–H and O–H groups in total. The summed E-state index contributed by atoms with van der Waals surface area (Å²) in [6, 6.07) is 7.97. The highest BCUT2D eigenvalue weighted by Gasteiger charge is 2.35. The van der Waals surface area contributed by atoms with Crippen molar-refractivity contribution in [2.45, 2.75) is 51.4 Å². The maximum absolute atomic E-state index is 12.8. The second-order valence-corrected chi connectivity index (χ2v) is 9.61. The van der Waals surface area contributed by atoms with E-state index in [-0.39, 0.29) is 34.9 Å². The number of rotatable bonds is 5. The molecule has 1 aromatic carbocycles. The van der Waals surface area contributed by atoms with Gasteiger partial charge in [-0.3, -0.25) is 4.79 Å². The fraction of sp³-hybridized carbons (Fsp3) is 0.480. The number of anilines is 1. The van der Waals surface area contributed by atoms with Crippen molar-refractivity contribution in [3.63, 3.8) is 0 Å². The molecule has 0 unspecified atom stereocenters. The number of carbonyl (C=O) groups excluding carboxylic acids is 1. The third-order valence-electron chi connectivity index (χ3n) is 6.86. The third kappa shape index (κ3) is 4.47. The molecule has 0 bridgehead atoms. The van der Waals surface area contributed by atoms with Gasteiger partial charge in [-0.1, -0.05) is 26.0 Å². The molecule has 1 aromatic heterocycles. The summed E-state index contributed by atoms with van der Waals surface area (Å²) < 4.78 is 5.54. The van der Waals surface area contributed by atoms with Crippen LogP contribution < -0.4 is 5.32 Å². The van der Waals surface area contributed by atoms with E-state index in [1.807, 2.05) is 18.2 Å². The summed E-state index contributed by atoms with van der Waals surface area (Å²) in [7, 11) is 0. The molecule has 1 fully saturated rings. The number of aromatic amines is 1. The van der Waals surface area contributed by atoms with E-state index in [1.54, 1.807) is 0 Å². The summed E-state index contributed by atoms with van der Waals surface area (Å²) in [5, 5.41) is 22.2. The van der Waals surface area contributed by atoms with Crippen molar-refractivity contribution in [3.05, 3.63) is 53.1 Å². The first-order valence-electron chi connectivity index (χ1n) is 11.2. The molecule has 7 heteroatoms. The predicted octanol–water partition coefficient (Wildman–Crippen LogP) is 4.17. The third-order valence-corrected chi connectivity index (χ3v) is 6.86. The van der Waals surface area contributed by atoms with Gasteiger partial charge in [-0.05, 0) is 60.8 Å². The van der Waals surface area contributed by atoms with Gasteiger partial charge in [0, 0.05) is 36.1 Å². The first-order chi connectivity index (χ1) is 15.4. The maximum Gasteiger partial charge on any atom is 0.291 e. The van der Waals surface area contributed by atoms with Crippen molar-refractivity contribution in [3.8, 4) is 6.07 Å². The van der Waals surface area contributed by atoms with Gasteiger partial charge in [0.25, 0.3) is 5.91 Å². The van der Waals surface area contributed by atoms with Crippen LogP contribution in [0.5, 0.6) is 0 Å². The van der Waals surface area contributed by atoms with Crippen molar-refractivity contribution in [2.24, 2.45) is 5.41 Å². The molecule has 2 heterocycles. The molecule has 2 aliphatic rings. The van der Waals surface area contributed by atoms with Crippen molar-refractivity contribution in [1.29, 1.82) is 5.26 Å². The highest BCUT2D eigenvalue weighted by atomic mass is 16.5. The van der Waals surface area contributed by atoms with Crippen LogP contribution >= 0.6 is 0 Å². The number of aliphatic hydroxyl groups excluding tert-OH is 1. The van der Waals surface area contributed by atoms with E-state index in [1.165, 1.54) is 11.8 Å². The van der Waals surface area contributed by atoms with Gasteiger partial charge >= 0.3 is 0 Å². The molecule has 0 saturated carbocycles. The highest BCUT2D eigenvalue weighted by Crippen LogP contribution is 2.42. The van der Waals surface area contributed by atoms with E-state index in [2.05, 4.69) is 41.3 Å². The first-order valence-corrected chi connectivity index (χ1v) is 11.2. The summed E-state index contributed by atoms with van der Waals surface area (Å²) in [5.41, 5.74) is 4.09. The second-order valence-electron chi connectivity index (χ2n) is 9.61. The molecule has 1 amide bonds. The number of aliphatic hydroxyl groups is 1. The van der Waals surface area contributed by atoms with Crippen molar-refractivity contribution in [2.75, 3.05) is 25.1 Å². The van der Waals surface area contributed by atoms with Crippen LogP contribution in [0.1, 0.15) is 73.4 Å². The smallest absolute Gasteiger partial charge is 0.291 e. The lowest BCUT2D eigenvalue weighted by Gasteiger charge is -2.37. The molecule has 1 saturated heterocycles. The van der Waals surface area contributed by atoms with Gasteiger partial charge in [-0.15, -0.1) is 0 Å². The highest BCUT2D eigenvalue weighted by molar-refractivity contribution is 6.03. The SMILES string of the molecule is CC1(C)CC=C(c2cc(C3(CO)CCOCC3)ccc2NC(=O)c2nc(C#N)c[nH]2)CC1. The number of hydrogen-bond donors (Lipinski definition) is 3. The number of H-pyrrole nitrogens is 1. The van der Waals surface area contributed by atoms with Crippen LogP contribution in [0.25, 0.3) is 5.57 Å². The molecule has 0 radical (unpaired) electrons. The largest absolute Gasteiger partial charge is 0.395 e. The average molecular weight is 435 g/mol. The van der Waals surface area contributed by atoms with Gasteiger partial charge in [0.05, 0.1) is 6.61 Å². The Morgan fingerprint density at radius 3 is 2.72 bits per heavy atom. The number of nitriles is 1. The predicted molar refractivity (Wildman–Crippen MR) is 122 cm³/mol. The molecule has 1 aliphatic heterocycles. The van der Waals surface area contributed by atoms with Gasteiger partial charge in [0.15, 0.2) is 11.5 Å². The summed E-state index contributed by atoms with van der Waals surface area (Å²) in [6.07, 6.45) is 8.19. The van der Waals surface area contributed by atoms with Crippen LogP contribution in [0.4, 0.5) is 5.69 Å². The Morgan fingerprint density at radius 2 is 2.09 bits per heavy atom. The molecule has 32 heavy (non-hydrogen) atoms. The lowest BCUT2D eigenvalue weighted by atomic mass is 9.73. The Labute approximate surface area is 188 Å². The Bertz CT molecular complexity index is 1070. The van der Waals surface area contributed by atoms with Crippen molar-refractivity contribution >= 4 is 17.2 Å². The van der Waals surface area contributed by atoms with Crippen molar-refractivity contribution < 1.29 is 14.6 Å². The van der Waals surface area contributed by atoms with Crippen LogP contribution in [-0.4, -0.2) is 40.8 Å². The molecule has 1 aliphatic carbocycles. The fourth-order valence-electron chi connectivity index (χ4n) is 4.55. The number of aromatic nitrogens is 2. The normalized spacial score (nSPS) is 19.6. The quantitative estimate of drug-likeness (QED) is 0.654. The number of carbonyl (C=O) groups is 1. The molecule has 0 spiro atoms. The zero-order chi connectivity index (χ0) is 22.8. The molecule has 0 atom stereocenters. The lowest BCUT2D eigenvalue weighted by molar-refractivity contribution is 0.0253. The standard InChI is InChI=1S/C25H30N4O3/c1-24(2)7-5-17(6-8-24)20-13-18(25(16-30)9-11-32-12-10-25)3-4-21(20)29-23(31)22-27-15-19(14-26)28-22/h3-5,13,15,30H,6-12,16H2,1-2H3,(H,27,28)(H,29,31). The van der Waals surface area contributed by atoms with Crippen LogP contribution in [-0.2, 0) is 10.2 Å². The zero-order valence-corrected chi connectivity index (χ0v) is 18.7. The van der Waals surface area contributed by atoms with Crippen LogP contribution in [0.3, 0.4) is 0 Å². The maximum atomic E-state index is 12.8. The monoisotopic (exact) mass is 434 g/mol. The minimum Gasteiger partial charge on any atom is -0.395 e. The number of ether oxygens (including phenoxy) is 1. The summed E-state index contributed by atoms with van der Waals surface area (Å²) in [4.78, 5) is 19.6. The van der Waals surface area contributed by atoms with E-state index in [4.69, 9.17) is 10.00 Å². The number of benzene rings is 1. The van der Waals surface area contributed by atoms with Crippen molar-refractivity contribution in [1.82, 2.24) is 9.97 Å². The Morgan fingerprint density at radius 1 is 1.31 bits per heavy atom. The summed E-state index contributed by atoms with van der Waals surface area (Å²) >= 11 is 0. The van der Waals surface area contributed by atoms with Crippen LogP contribution in [0.15, 0.2) is 30.5 Å². The molecule has 4 rings (SSSR count).